The minimum absolute atomic E-state index is 0.0478. The Morgan fingerprint density at radius 3 is 2.55 bits per heavy atom. The summed E-state index contributed by atoms with van der Waals surface area (Å²) in [6.07, 6.45) is 8.16. The van der Waals surface area contributed by atoms with Gasteiger partial charge in [-0.2, -0.15) is 10.2 Å². The largest absolute Gasteiger partial charge is 0.353 e. The van der Waals surface area contributed by atoms with Gasteiger partial charge in [-0.3, -0.25) is 9.59 Å². The fourth-order valence-corrected chi connectivity index (χ4v) is 5.68. The number of hydrogen-bond acceptors (Lipinski definition) is 4. The molecule has 0 aliphatic heterocycles. The van der Waals surface area contributed by atoms with Gasteiger partial charge in [0, 0.05) is 23.5 Å². The van der Waals surface area contributed by atoms with E-state index < -0.39 is 0 Å². The Balaban J connectivity index is 1.03. The number of benzene rings is 2. The molecule has 2 aliphatic carbocycles. The van der Waals surface area contributed by atoms with Gasteiger partial charge < -0.3 is 5.32 Å². The number of carbonyl (C=O) groups is 1. The number of aromatic nitrogens is 4. The van der Waals surface area contributed by atoms with Crippen molar-refractivity contribution in [3.05, 3.63) is 88.6 Å². The van der Waals surface area contributed by atoms with Gasteiger partial charge in [0.15, 0.2) is 0 Å². The zero-order chi connectivity index (χ0) is 22.4. The molecule has 7 nitrogen and oxygen atoms in total. The number of H-pyrrole nitrogens is 1. The SMILES string of the molecule is O=C(Cc1cnn(-c2ccccc2)c1)NC1CC2(C1)CC(c1n[nH]c(=O)c3ccccc13)C2. The summed E-state index contributed by atoms with van der Waals surface area (Å²) < 4.78 is 1.80. The molecule has 166 valence electrons. The summed E-state index contributed by atoms with van der Waals surface area (Å²) in [5.41, 5.74) is 3.06. The van der Waals surface area contributed by atoms with Gasteiger partial charge in [-0.1, -0.05) is 36.4 Å². The third-order valence-electron chi connectivity index (χ3n) is 7.22. The first-order valence-corrected chi connectivity index (χ1v) is 11.4. The Morgan fingerprint density at radius 1 is 1.03 bits per heavy atom. The van der Waals surface area contributed by atoms with E-state index >= 15 is 0 Å². The molecule has 2 heterocycles. The maximum absolute atomic E-state index is 12.6. The fraction of sp³-hybridized carbons (Fsp3) is 0.308. The normalized spacial score (nSPS) is 23.8. The van der Waals surface area contributed by atoms with Crippen molar-refractivity contribution < 1.29 is 4.79 Å². The van der Waals surface area contributed by atoms with Crippen LogP contribution in [0.4, 0.5) is 0 Å². The number of nitrogens with one attached hydrogen (secondary N) is 2. The Labute approximate surface area is 190 Å². The van der Waals surface area contributed by atoms with Gasteiger partial charge in [0.05, 0.1) is 29.4 Å². The molecule has 1 spiro atoms. The molecule has 6 rings (SSSR count). The van der Waals surface area contributed by atoms with Gasteiger partial charge in [-0.15, -0.1) is 0 Å². The molecule has 2 N–H and O–H groups in total. The lowest BCUT2D eigenvalue weighted by Crippen LogP contribution is -2.56. The number of para-hydroxylation sites is 1. The number of fused-ring (bicyclic) bond motifs is 1. The lowest BCUT2D eigenvalue weighted by Gasteiger charge is -2.57. The van der Waals surface area contributed by atoms with E-state index in [1.54, 1.807) is 10.9 Å². The van der Waals surface area contributed by atoms with E-state index in [-0.39, 0.29) is 17.5 Å². The predicted molar refractivity (Wildman–Crippen MR) is 125 cm³/mol. The summed E-state index contributed by atoms with van der Waals surface area (Å²) in [4.78, 5) is 24.6. The van der Waals surface area contributed by atoms with Crippen LogP contribution in [0.1, 0.15) is 42.9 Å². The minimum Gasteiger partial charge on any atom is -0.353 e. The molecule has 2 saturated carbocycles. The van der Waals surface area contributed by atoms with Crippen LogP contribution in [0.25, 0.3) is 16.5 Å². The number of nitrogens with zero attached hydrogens (tertiary/aromatic N) is 3. The van der Waals surface area contributed by atoms with Gasteiger partial charge in [-0.05, 0) is 54.9 Å². The minimum atomic E-state index is -0.135. The molecule has 2 fully saturated rings. The van der Waals surface area contributed by atoms with Crippen molar-refractivity contribution in [2.75, 3.05) is 0 Å². The standard InChI is InChI=1S/C26H25N5O2/c32-23(10-17-15-27-31(16-17)20-6-2-1-3-7-20)28-19-13-26(14-19)11-18(12-26)24-21-8-4-5-9-22(21)25(33)30-29-24/h1-9,15-16,18-19H,10-14H2,(H,28,32)(H,30,33). The van der Waals surface area contributed by atoms with E-state index in [0.717, 1.165) is 48.0 Å². The van der Waals surface area contributed by atoms with Crippen LogP contribution in [0, 0.1) is 5.41 Å². The van der Waals surface area contributed by atoms with Gasteiger partial charge in [-0.25, -0.2) is 9.78 Å². The second-order valence-electron chi connectivity index (χ2n) is 9.57. The number of rotatable bonds is 5. The van der Waals surface area contributed by atoms with Crippen LogP contribution >= 0.6 is 0 Å². The van der Waals surface area contributed by atoms with Gasteiger partial charge in [0.25, 0.3) is 5.56 Å². The Kier molecular flexibility index (Phi) is 4.64. The van der Waals surface area contributed by atoms with Gasteiger partial charge >= 0.3 is 0 Å². The molecule has 1 amide bonds. The molecular formula is C26H25N5O2. The third-order valence-corrected chi connectivity index (χ3v) is 7.22. The second kappa shape index (κ2) is 7.69. The van der Waals surface area contributed by atoms with Gasteiger partial charge in [0.1, 0.15) is 0 Å². The van der Waals surface area contributed by atoms with E-state index in [1.807, 2.05) is 60.8 Å². The zero-order valence-electron chi connectivity index (χ0n) is 18.2. The average molecular weight is 440 g/mol. The number of amides is 1. The fourth-order valence-electron chi connectivity index (χ4n) is 5.68. The summed E-state index contributed by atoms with van der Waals surface area (Å²) in [6, 6.07) is 17.8. The molecule has 2 aromatic carbocycles. The molecule has 2 aliphatic rings. The Morgan fingerprint density at radius 2 is 1.76 bits per heavy atom. The first kappa shape index (κ1) is 19.9. The summed E-state index contributed by atoms with van der Waals surface area (Å²) in [6.45, 7) is 0. The number of carbonyl (C=O) groups excluding carboxylic acids is 1. The van der Waals surface area contributed by atoms with Crippen LogP contribution in [0.5, 0.6) is 0 Å². The molecule has 0 unspecified atom stereocenters. The van der Waals surface area contributed by atoms with Crippen molar-refractivity contribution in [3.8, 4) is 5.69 Å². The lowest BCUT2D eigenvalue weighted by molar-refractivity contribution is -0.124. The maximum Gasteiger partial charge on any atom is 0.272 e. The van der Waals surface area contributed by atoms with Crippen molar-refractivity contribution in [2.24, 2.45) is 5.41 Å². The maximum atomic E-state index is 12.6. The third kappa shape index (κ3) is 3.63. The topological polar surface area (TPSA) is 92.7 Å². The van der Waals surface area contributed by atoms with E-state index in [0.29, 0.717) is 23.1 Å². The van der Waals surface area contributed by atoms with Crippen LogP contribution in [0.3, 0.4) is 0 Å². The predicted octanol–water partition coefficient (Wildman–Crippen LogP) is 3.49. The highest BCUT2D eigenvalue weighted by molar-refractivity contribution is 5.84. The van der Waals surface area contributed by atoms with Crippen molar-refractivity contribution in [1.29, 1.82) is 0 Å². The van der Waals surface area contributed by atoms with Crippen molar-refractivity contribution in [3.63, 3.8) is 0 Å². The highest BCUT2D eigenvalue weighted by atomic mass is 16.1. The summed E-state index contributed by atoms with van der Waals surface area (Å²) >= 11 is 0. The van der Waals surface area contributed by atoms with Crippen molar-refractivity contribution >= 4 is 16.7 Å². The molecule has 0 saturated heterocycles. The molecular weight excluding hydrogens is 414 g/mol. The molecule has 0 atom stereocenters. The van der Waals surface area contributed by atoms with Crippen molar-refractivity contribution in [2.45, 2.75) is 44.1 Å². The quantitative estimate of drug-likeness (QED) is 0.498. The van der Waals surface area contributed by atoms with Crippen LogP contribution in [-0.4, -0.2) is 31.9 Å². The Hall–Kier alpha value is -3.74. The van der Waals surface area contributed by atoms with Crippen LogP contribution in [0.15, 0.2) is 71.8 Å². The molecule has 4 aromatic rings. The zero-order valence-corrected chi connectivity index (χ0v) is 18.2. The summed E-state index contributed by atoms with van der Waals surface area (Å²) in [5, 5.41) is 16.3. The van der Waals surface area contributed by atoms with E-state index in [1.165, 1.54) is 0 Å². The molecule has 33 heavy (non-hydrogen) atoms. The van der Waals surface area contributed by atoms with E-state index in [2.05, 4.69) is 20.6 Å². The molecule has 2 aromatic heterocycles. The van der Waals surface area contributed by atoms with Gasteiger partial charge in [0.2, 0.25) is 5.91 Å². The van der Waals surface area contributed by atoms with Crippen LogP contribution < -0.4 is 10.9 Å². The highest BCUT2D eigenvalue weighted by Crippen LogP contribution is 2.62. The monoisotopic (exact) mass is 439 g/mol. The number of aromatic amines is 1. The summed E-state index contributed by atoms with van der Waals surface area (Å²) in [5.74, 6) is 0.416. The average Bonchev–Trinajstić information content (AvgIpc) is 3.24. The highest BCUT2D eigenvalue weighted by Gasteiger charge is 2.54. The Bertz CT molecular complexity index is 1380. The second-order valence-corrected chi connectivity index (χ2v) is 9.57. The van der Waals surface area contributed by atoms with Crippen molar-refractivity contribution in [1.82, 2.24) is 25.3 Å². The van der Waals surface area contributed by atoms with Crippen LogP contribution in [0.2, 0.25) is 0 Å². The molecule has 0 radical (unpaired) electrons. The van der Waals surface area contributed by atoms with Crippen LogP contribution in [-0.2, 0) is 11.2 Å². The number of hydrogen-bond donors (Lipinski definition) is 2. The molecule has 0 bridgehead atoms. The first-order valence-electron chi connectivity index (χ1n) is 11.4. The smallest absolute Gasteiger partial charge is 0.272 e. The lowest BCUT2D eigenvalue weighted by atomic mass is 9.49. The first-order chi connectivity index (χ1) is 16.1. The summed E-state index contributed by atoms with van der Waals surface area (Å²) in [7, 11) is 0. The van der Waals surface area contributed by atoms with E-state index in [4.69, 9.17) is 0 Å². The molecule has 7 heteroatoms. The van der Waals surface area contributed by atoms with E-state index in [9.17, 15) is 9.59 Å².